The average Bonchev–Trinajstić information content (AvgIpc) is 3.07. The molecule has 0 aromatic rings. The monoisotopic (exact) mass is 277 g/mol. The summed E-state index contributed by atoms with van der Waals surface area (Å²) in [5, 5.41) is 0. The van der Waals surface area contributed by atoms with Crippen LogP contribution in [0.3, 0.4) is 0 Å². The van der Waals surface area contributed by atoms with Gasteiger partial charge < -0.3 is 9.64 Å². The summed E-state index contributed by atoms with van der Waals surface area (Å²) in [7, 11) is 1.74. The van der Waals surface area contributed by atoms with E-state index in [0.29, 0.717) is 17.7 Å². The van der Waals surface area contributed by atoms with E-state index in [2.05, 4.69) is 25.3 Å². The first-order valence-electron chi connectivity index (χ1n) is 7.90. The van der Waals surface area contributed by atoms with Gasteiger partial charge in [-0.05, 0) is 37.0 Å². The van der Waals surface area contributed by atoms with Crippen LogP contribution in [0.5, 0.6) is 0 Å². The third-order valence-corrected chi connectivity index (χ3v) is 6.28. The zero-order chi connectivity index (χ0) is 14.5. The molecular weight excluding hydrogens is 250 g/mol. The van der Waals surface area contributed by atoms with Gasteiger partial charge in [-0.15, -0.1) is 0 Å². The first-order valence-corrected chi connectivity index (χ1v) is 7.90. The predicted molar refractivity (Wildman–Crippen MR) is 79.3 cm³/mol. The fraction of sp³-hybridized carbons (Fsp3) is 0.824. The zero-order valence-electron chi connectivity index (χ0n) is 13.1. The van der Waals surface area contributed by atoms with Crippen molar-refractivity contribution in [3.8, 4) is 0 Å². The van der Waals surface area contributed by atoms with Crippen molar-refractivity contribution in [1.29, 1.82) is 0 Å². The lowest BCUT2D eigenvalue weighted by atomic mass is 9.68. The quantitative estimate of drug-likeness (QED) is 0.742. The van der Waals surface area contributed by atoms with Crippen molar-refractivity contribution >= 4 is 5.91 Å². The molecule has 3 rings (SSSR count). The molecule has 3 aliphatic rings. The van der Waals surface area contributed by atoms with Crippen molar-refractivity contribution in [2.75, 3.05) is 26.8 Å². The van der Waals surface area contributed by atoms with Crippen LogP contribution in [-0.2, 0) is 9.53 Å². The molecule has 2 bridgehead atoms. The maximum Gasteiger partial charge on any atom is 0.232 e. The molecule has 3 heteroatoms. The van der Waals surface area contributed by atoms with E-state index in [-0.39, 0.29) is 10.8 Å². The average molecular weight is 277 g/mol. The highest BCUT2D eigenvalue weighted by Crippen LogP contribution is 2.66. The number of carbonyl (C=O) groups excluding carboxylic acids is 1. The number of carbonyl (C=O) groups is 1. The molecule has 0 radical (unpaired) electrons. The van der Waals surface area contributed by atoms with Crippen LogP contribution in [0.1, 0.15) is 39.5 Å². The van der Waals surface area contributed by atoms with E-state index in [1.54, 1.807) is 7.11 Å². The maximum atomic E-state index is 13.1. The van der Waals surface area contributed by atoms with E-state index in [4.69, 9.17) is 4.74 Å². The minimum absolute atomic E-state index is 0.138. The van der Waals surface area contributed by atoms with Gasteiger partial charge in [0.15, 0.2) is 0 Å². The molecule has 2 aliphatic carbocycles. The molecule has 3 fully saturated rings. The maximum absolute atomic E-state index is 13.1. The number of hydrogen-bond donors (Lipinski definition) is 0. The number of ether oxygens (including phenoxy) is 1. The van der Waals surface area contributed by atoms with Gasteiger partial charge in [0.05, 0.1) is 12.0 Å². The summed E-state index contributed by atoms with van der Waals surface area (Å²) < 4.78 is 5.24. The van der Waals surface area contributed by atoms with Gasteiger partial charge in [-0.1, -0.05) is 26.0 Å². The minimum atomic E-state index is -0.240. The first-order chi connectivity index (χ1) is 9.41. The van der Waals surface area contributed by atoms with Gasteiger partial charge in [-0.25, -0.2) is 0 Å². The van der Waals surface area contributed by atoms with Gasteiger partial charge in [0.2, 0.25) is 5.91 Å². The Hall–Kier alpha value is -0.830. The van der Waals surface area contributed by atoms with E-state index >= 15 is 0 Å². The Morgan fingerprint density at radius 2 is 2.20 bits per heavy atom. The van der Waals surface area contributed by atoms with Crippen molar-refractivity contribution in [2.45, 2.75) is 39.5 Å². The highest BCUT2D eigenvalue weighted by molar-refractivity contribution is 5.88. The molecule has 0 N–H and O–H groups in total. The van der Waals surface area contributed by atoms with Crippen LogP contribution in [0.15, 0.2) is 12.2 Å². The molecule has 20 heavy (non-hydrogen) atoms. The van der Waals surface area contributed by atoms with Crippen molar-refractivity contribution in [2.24, 2.45) is 22.7 Å². The molecule has 3 atom stereocenters. The second-order valence-electron chi connectivity index (χ2n) is 7.58. The Bertz CT molecular complexity index is 442. The smallest absolute Gasteiger partial charge is 0.232 e. The number of hydrogen-bond acceptors (Lipinski definition) is 2. The van der Waals surface area contributed by atoms with Gasteiger partial charge in [0.1, 0.15) is 0 Å². The van der Waals surface area contributed by atoms with Gasteiger partial charge in [0, 0.05) is 26.1 Å². The molecule has 0 spiro atoms. The SMILES string of the molecule is C=C1C2(C(=O)N3CCC(COC)C3)CC[C@@H](C2)C1(C)C. The van der Waals surface area contributed by atoms with E-state index in [0.717, 1.165) is 39.0 Å². The van der Waals surface area contributed by atoms with Crippen LogP contribution in [0.25, 0.3) is 0 Å². The Morgan fingerprint density at radius 1 is 1.45 bits per heavy atom. The molecule has 0 aromatic carbocycles. The van der Waals surface area contributed by atoms with Crippen molar-refractivity contribution < 1.29 is 9.53 Å². The first kappa shape index (κ1) is 14.1. The van der Waals surface area contributed by atoms with Crippen LogP contribution >= 0.6 is 0 Å². The van der Waals surface area contributed by atoms with Crippen molar-refractivity contribution in [1.82, 2.24) is 4.90 Å². The number of amides is 1. The summed E-state index contributed by atoms with van der Waals surface area (Å²) in [5.41, 5.74) is 1.09. The van der Waals surface area contributed by atoms with Crippen LogP contribution < -0.4 is 0 Å². The lowest BCUT2D eigenvalue weighted by Gasteiger charge is -2.39. The molecule has 1 aliphatic heterocycles. The van der Waals surface area contributed by atoms with Gasteiger partial charge >= 0.3 is 0 Å². The van der Waals surface area contributed by atoms with Crippen molar-refractivity contribution in [3.05, 3.63) is 12.2 Å². The van der Waals surface area contributed by atoms with E-state index in [1.807, 2.05) is 0 Å². The molecule has 1 heterocycles. The molecule has 2 saturated carbocycles. The highest BCUT2D eigenvalue weighted by atomic mass is 16.5. The molecular formula is C17H27NO2. The Kier molecular flexibility index (Phi) is 3.24. The molecule has 1 saturated heterocycles. The topological polar surface area (TPSA) is 29.5 Å². The number of likely N-dealkylation sites (tertiary alicyclic amines) is 1. The van der Waals surface area contributed by atoms with Gasteiger partial charge in [-0.2, -0.15) is 0 Å². The predicted octanol–water partition coefficient (Wildman–Crippen LogP) is 2.86. The van der Waals surface area contributed by atoms with Gasteiger partial charge in [0.25, 0.3) is 0 Å². The fourth-order valence-corrected chi connectivity index (χ4v) is 4.81. The molecule has 2 unspecified atom stereocenters. The Morgan fingerprint density at radius 3 is 2.80 bits per heavy atom. The Labute approximate surface area is 122 Å². The minimum Gasteiger partial charge on any atom is -0.384 e. The molecule has 0 aromatic heterocycles. The molecule has 112 valence electrons. The molecule has 3 nitrogen and oxygen atoms in total. The van der Waals surface area contributed by atoms with E-state index in [9.17, 15) is 4.79 Å². The van der Waals surface area contributed by atoms with Crippen LogP contribution in [0, 0.1) is 22.7 Å². The third-order valence-electron chi connectivity index (χ3n) is 6.28. The zero-order valence-corrected chi connectivity index (χ0v) is 13.1. The number of nitrogens with zero attached hydrogens (tertiary/aromatic N) is 1. The summed E-state index contributed by atoms with van der Waals surface area (Å²) in [6.45, 7) is 11.4. The summed E-state index contributed by atoms with van der Waals surface area (Å²) in [6.07, 6.45) is 4.31. The fourth-order valence-electron chi connectivity index (χ4n) is 4.81. The molecule has 1 amide bonds. The largest absolute Gasteiger partial charge is 0.384 e. The number of rotatable bonds is 3. The van der Waals surface area contributed by atoms with Crippen molar-refractivity contribution in [3.63, 3.8) is 0 Å². The third kappa shape index (κ3) is 1.78. The second kappa shape index (κ2) is 4.59. The van der Waals surface area contributed by atoms with Crippen LogP contribution in [0.2, 0.25) is 0 Å². The standard InChI is InChI=1S/C17H27NO2/c1-12-16(2,3)14-5-7-17(12,9-14)15(19)18-8-6-13(10-18)11-20-4/h13-14H,1,5-11H2,2-4H3/t13?,14-,17?/m0/s1. The normalized spacial score (nSPS) is 38.8. The summed E-state index contributed by atoms with van der Waals surface area (Å²) in [5.74, 6) is 1.52. The second-order valence-corrected chi connectivity index (χ2v) is 7.58. The highest BCUT2D eigenvalue weighted by Gasteiger charge is 2.61. The summed E-state index contributed by atoms with van der Waals surface area (Å²) >= 11 is 0. The summed E-state index contributed by atoms with van der Waals surface area (Å²) in [4.78, 5) is 15.2. The van der Waals surface area contributed by atoms with Gasteiger partial charge in [-0.3, -0.25) is 4.79 Å². The van der Waals surface area contributed by atoms with E-state index < -0.39 is 0 Å². The Balaban J connectivity index is 1.77. The lowest BCUT2D eigenvalue weighted by molar-refractivity contribution is -0.138. The van der Waals surface area contributed by atoms with Crippen LogP contribution in [-0.4, -0.2) is 37.6 Å². The van der Waals surface area contributed by atoms with E-state index in [1.165, 1.54) is 12.0 Å². The number of fused-ring (bicyclic) bond motifs is 2. The lowest BCUT2D eigenvalue weighted by Crippen LogP contribution is -2.43. The summed E-state index contributed by atoms with van der Waals surface area (Å²) in [6, 6.07) is 0. The number of methoxy groups -OCH3 is 1. The van der Waals surface area contributed by atoms with Crippen LogP contribution in [0.4, 0.5) is 0 Å².